The molecule has 2 aliphatic rings. The van der Waals surface area contributed by atoms with Gasteiger partial charge in [-0.05, 0) is 79.5 Å². The van der Waals surface area contributed by atoms with Crippen LogP contribution in [0.5, 0.6) is 5.75 Å². The molecule has 4 rings (SSSR count). The molecule has 3 atom stereocenters. The summed E-state index contributed by atoms with van der Waals surface area (Å²) in [6.07, 6.45) is 12.1. The quantitative estimate of drug-likeness (QED) is 0.369. The minimum absolute atomic E-state index is 0.0176. The molecule has 0 N–H and O–H groups in total. The van der Waals surface area contributed by atoms with E-state index >= 15 is 0 Å². The van der Waals surface area contributed by atoms with E-state index in [1.165, 1.54) is 43.7 Å². The second-order valence-electron chi connectivity index (χ2n) is 9.20. The van der Waals surface area contributed by atoms with Crippen molar-refractivity contribution in [2.75, 3.05) is 6.61 Å². The van der Waals surface area contributed by atoms with Crippen LogP contribution in [0.2, 0.25) is 0 Å². The third kappa shape index (κ3) is 4.71. The van der Waals surface area contributed by atoms with E-state index in [0.717, 1.165) is 37.0 Å². The Morgan fingerprint density at radius 2 is 1.71 bits per heavy atom. The number of rotatable bonds is 9. The SMILES string of the molecule is CCCOc1ccc(-c2ccc(CCC3=CCC4C(CCC)CCC34)cc2)c(F)c1F. The molecule has 0 heterocycles. The zero-order valence-corrected chi connectivity index (χ0v) is 18.8. The molecule has 0 amide bonds. The molecular weight excluding hydrogens is 390 g/mol. The zero-order valence-electron chi connectivity index (χ0n) is 18.8. The lowest BCUT2D eigenvalue weighted by Gasteiger charge is -2.19. The zero-order chi connectivity index (χ0) is 21.8. The third-order valence-electron chi connectivity index (χ3n) is 7.23. The van der Waals surface area contributed by atoms with Gasteiger partial charge in [0, 0.05) is 5.56 Å². The van der Waals surface area contributed by atoms with E-state index < -0.39 is 11.6 Å². The van der Waals surface area contributed by atoms with Crippen molar-refractivity contribution in [3.63, 3.8) is 0 Å². The predicted octanol–water partition coefficient (Wildman–Crippen LogP) is 8.13. The molecule has 1 saturated carbocycles. The minimum atomic E-state index is -0.907. The molecule has 0 saturated heterocycles. The van der Waals surface area contributed by atoms with E-state index in [-0.39, 0.29) is 11.3 Å². The van der Waals surface area contributed by atoms with Crippen molar-refractivity contribution in [1.82, 2.24) is 0 Å². The van der Waals surface area contributed by atoms with Gasteiger partial charge in [0.25, 0.3) is 0 Å². The van der Waals surface area contributed by atoms with Crippen LogP contribution in [0.1, 0.15) is 64.4 Å². The maximum absolute atomic E-state index is 14.6. The summed E-state index contributed by atoms with van der Waals surface area (Å²) in [6.45, 7) is 4.61. The summed E-state index contributed by atoms with van der Waals surface area (Å²) in [4.78, 5) is 0. The van der Waals surface area contributed by atoms with Crippen LogP contribution in [-0.2, 0) is 6.42 Å². The Balaban J connectivity index is 1.38. The number of hydrogen-bond donors (Lipinski definition) is 0. The molecule has 2 aliphatic carbocycles. The third-order valence-corrected chi connectivity index (χ3v) is 7.23. The Morgan fingerprint density at radius 1 is 0.903 bits per heavy atom. The van der Waals surface area contributed by atoms with Crippen molar-refractivity contribution in [2.24, 2.45) is 17.8 Å². The molecule has 2 aromatic rings. The smallest absolute Gasteiger partial charge is 0.201 e. The first-order chi connectivity index (χ1) is 15.1. The molecule has 0 radical (unpaired) electrons. The summed E-state index contributed by atoms with van der Waals surface area (Å²) in [7, 11) is 0. The van der Waals surface area contributed by atoms with E-state index in [9.17, 15) is 8.78 Å². The Labute approximate surface area is 185 Å². The number of fused-ring (bicyclic) bond motifs is 1. The Kier molecular flexibility index (Phi) is 7.09. The first-order valence-corrected chi connectivity index (χ1v) is 12.0. The molecule has 0 aromatic heterocycles. The van der Waals surface area contributed by atoms with Crippen molar-refractivity contribution >= 4 is 0 Å². The largest absolute Gasteiger partial charge is 0.490 e. The monoisotopic (exact) mass is 424 g/mol. The molecule has 1 fully saturated rings. The molecule has 3 heteroatoms. The van der Waals surface area contributed by atoms with Crippen molar-refractivity contribution in [1.29, 1.82) is 0 Å². The van der Waals surface area contributed by atoms with Crippen LogP contribution in [0.4, 0.5) is 8.78 Å². The lowest BCUT2D eigenvalue weighted by molar-refractivity contribution is 0.295. The highest BCUT2D eigenvalue weighted by Crippen LogP contribution is 2.50. The van der Waals surface area contributed by atoms with Gasteiger partial charge in [-0.15, -0.1) is 0 Å². The summed E-state index contributed by atoms with van der Waals surface area (Å²) >= 11 is 0. The number of ether oxygens (including phenoxy) is 1. The fourth-order valence-electron chi connectivity index (χ4n) is 5.64. The minimum Gasteiger partial charge on any atom is -0.490 e. The van der Waals surface area contributed by atoms with Gasteiger partial charge in [0.1, 0.15) is 0 Å². The van der Waals surface area contributed by atoms with E-state index in [1.54, 1.807) is 11.6 Å². The molecule has 2 aromatic carbocycles. The number of aryl methyl sites for hydroxylation is 1. The lowest BCUT2D eigenvalue weighted by Crippen LogP contribution is -2.11. The van der Waals surface area contributed by atoms with Crippen molar-refractivity contribution < 1.29 is 13.5 Å². The van der Waals surface area contributed by atoms with Gasteiger partial charge in [-0.3, -0.25) is 0 Å². The van der Waals surface area contributed by atoms with Crippen molar-refractivity contribution in [3.05, 3.63) is 65.2 Å². The van der Waals surface area contributed by atoms with Gasteiger partial charge in [0.05, 0.1) is 6.61 Å². The molecule has 166 valence electrons. The van der Waals surface area contributed by atoms with Crippen LogP contribution in [0.25, 0.3) is 11.1 Å². The first kappa shape index (κ1) is 22.0. The maximum atomic E-state index is 14.6. The topological polar surface area (TPSA) is 9.23 Å². The van der Waals surface area contributed by atoms with Crippen LogP contribution in [0, 0.1) is 29.4 Å². The number of benzene rings is 2. The van der Waals surface area contributed by atoms with Gasteiger partial charge in [0.2, 0.25) is 5.82 Å². The summed E-state index contributed by atoms with van der Waals surface area (Å²) in [6, 6.07) is 11.0. The van der Waals surface area contributed by atoms with Gasteiger partial charge >= 0.3 is 0 Å². The van der Waals surface area contributed by atoms with Crippen LogP contribution in [0.3, 0.4) is 0 Å². The van der Waals surface area contributed by atoms with Crippen molar-refractivity contribution in [2.45, 2.75) is 65.2 Å². The summed E-state index contributed by atoms with van der Waals surface area (Å²) in [5.74, 6) is 0.857. The fourth-order valence-corrected chi connectivity index (χ4v) is 5.64. The normalized spacial score (nSPS) is 22.5. The summed E-state index contributed by atoms with van der Waals surface area (Å²) in [5, 5.41) is 0. The molecule has 0 spiro atoms. The average molecular weight is 425 g/mol. The Hall–Kier alpha value is -2.16. The van der Waals surface area contributed by atoms with E-state index in [2.05, 4.69) is 25.1 Å². The number of allylic oxidation sites excluding steroid dienone is 2. The van der Waals surface area contributed by atoms with Gasteiger partial charge in [-0.1, -0.05) is 62.6 Å². The predicted molar refractivity (Wildman–Crippen MR) is 123 cm³/mol. The summed E-state index contributed by atoms with van der Waals surface area (Å²) < 4.78 is 34.2. The molecule has 0 aliphatic heterocycles. The Morgan fingerprint density at radius 3 is 2.45 bits per heavy atom. The molecule has 3 unspecified atom stereocenters. The standard InChI is InChI=1S/C28H34F2O/c1-3-5-20-12-14-24-21(13-15-23(20)24)9-6-19-7-10-22(11-8-19)25-16-17-26(31-18-4-2)28(30)27(25)29/h7-8,10-11,13,16-17,20,23-24H,3-6,9,12,14-15,18H2,1-2H3. The van der Waals surface area contributed by atoms with Gasteiger partial charge in [-0.25, -0.2) is 4.39 Å². The second kappa shape index (κ2) is 9.97. The molecule has 0 bridgehead atoms. The summed E-state index contributed by atoms with van der Waals surface area (Å²) in [5.41, 5.74) is 3.88. The van der Waals surface area contributed by atoms with Crippen LogP contribution >= 0.6 is 0 Å². The van der Waals surface area contributed by atoms with Gasteiger partial charge in [0.15, 0.2) is 11.6 Å². The highest BCUT2D eigenvalue weighted by atomic mass is 19.2. The van der Waals surface area contributed by atoms with E-state index in [0.29, 0.717) is 12.2 Å². The highest BCUT2D eigenvalue weighted by molar-refractivity contribution is 5.65. The molecule has 31 heavy (non-hydrogen) atoms. The second-order valence-corrected chi connectivity index (χ2v) is 9.20. The first-order valence-electron chi connectivity index (χ1n) is 12.0. The van der Waals surface area contributed by atoms with Gasteiger partial charge < -0.3 is 4.74 Å². The average Bonchev–Trinajstić information content (AvgIpc) is 3.37. The lowest BCUT2D eigenvalue weighted by atomic mass is 9.85. The van der Waals surface area contributed by atoms with E-state index in [4.69, 9.17) is 4.74 Å². The number of hydrogen-bond acceptors (Lipinski definition) is 1. The van der Waals surface area contributed by atoms with Crippen LogP contribution in [0.15, 0.2) is 48.0 Å². The molecule has 1 nitrogen and oxygen atoms in total. The molecular formula is C28H34F2O. The fraction of sp³-hybridized carbons (Fsp3) is 0.500. The Bertz CT molecular complexity index is 915. The van der Waals surface area contributed by atoms with E-state index in [1.807, 2.05) is 19.1 Å². The van der Waals surface area contributed by atoms with Crippen molar-refractivity contribution in [3.8, 4) is 16.9 Å². The highest BCUT2D eigenvalue weighted by Gasteiger charge is 2.39. The van der Waals surface area contributed by atoms with Crippen LogP contribution < -0.4 is 4.74 Å². The number of halogens is 2. The van der Waals surface area contributed by atoms with Crippen LogP contribution in [-0.4, -0.2) is 6.61 Å². The van der Waals surface area contributed by atoms with Gasteiger partial charge in [-0.2, -0.15) is 4.39 Å². The maximum Gasteiger partial charge on any atom is 0.201 e.